The third-order valence-electron chi connectivity index (χ3n) is 3.24. The molecule has 1 aliphatic heterocycles. The van der Waals surface area contributed by atoms with Crippen LogP contribution in [0.3, 0.4) is 0 Å². The number of aromatic nitrogens is 1. The fourth-order valence-electron chi connectivity index (χ4n) is 2.39. The summed E-state index contributed by atoms with van der Waals surface area (Å²) >= 11 is 0. The molecule has 0 aliphatic carbocycles. The van der Waals surface area contributed by atoms with Gasteiger partial charge in [0.2, 0.25) is 0 Å². The Kier molecular flexibility index (Phi) is 2.63. The Balaban J connectivity index is 1.86. The molecule has 0 atom stereocenters. The standard InChI is InChI=1S/C14H14FN3/c15-12-5-10(7-17-8-12)9-18-4-3-11-1-2-13(16)6-14(11)18/h1-2,5-8H,3-4,9,16H2. The molecule has 0 saturated heterocycles. The van der Waals surface area contributed by atoms with E-state index in [9.17, 15) is 4.39 Å². The number of anilines is 2. The molecule has 0 unspecified atom stereocenters. The molecule has 1 aromatic carbocycles. The van der Waals surface area contributed by atoms with E-state index in [1.54, 1.807) is 6.20 Å². The van der Waals surface area contributed by atoms with E-state index in [0.29, 0.717) is 6.54 Å². The van der Waals surface area contributed by atoms with Crippen molar-refractivity contribution in [2.75, 3.05) is 17.2 Å². The van der Waals surface area contributed by atoms with Crippen molar-refractivity contribution in [3.05, 3.63) is 53.6 Å². The van der Waals surface area contributed by atoms with Gasteiger partial charge in [-0.25, -0.2) is 4.39 Å². The molecule has 2 heterocycles. The van der Waals surface area contributed by atoms with Gasteiger partial charge in [0, 0.05) is 30.7 Å². The number of hydrogen-bond acceptors (Lipinski definition) is 3. The first-order valence-corrected chi connectivity index (χ1v) is 5.95. The second-order valence-corrected chi connectivity index (χ2v) is 4.57. The summed E-state index contributed by atoms with van der Waals surface area (Å²) in [5.74, 6) is -0.292. The highest BCUT2D eigenvalue weighted by molar-refractivity contribution is 5.64. The average Bonchev–Trinajstić information content (AvgIpc) is 2.72. The van der Waals surface area contributed by atoms with Gasteiger partial charge in [-0.05, 0) is 35.7 Å². The van der Waals surface area contributed by atoms with Crippen molar-refractivity contribution >= 4 is 11.4 Å². The fraction of sp³-hybridized carbons (Fsp3) is 0.214. The van der Waals surface area contributed by atoms with Crippen LogP contribution in [0.25, 0.3) is 0 Å². The zero-order valence-corrected chi connectivity index (χ0v) is 9.94. The van der Waals surface area contributed by atoms with Crippen LogP contribution in [0.1, 0.15) is 11.1 Å². The molecule has 0 spiro atoms. The lowest BCUT2D eigenvalue weighted by molar-refractivity contribution is 0.617. The van der Waals surface area contributed by atoms with Gasteiger partial charge in [0.1, 0.15) is 5.82 Å². The molecule has 0 bridgehead atoms. The van der Waals surface area contributed by atoms with E-state index in [4.69, 9.17) is 5.73 Å². The van der Waals surface area contributed by atoms with E-state index in [0.717, 1.165) is 29.9 Å². The molecule has 92 valence electrons. The van der Waals surface area contributed by atoms with Crippen LogP contribution >= 0.6 is 0 Å². The number of fused-ring (bicyclic) bond motifs is 1. The van der Waals surface area contributed by atoms with E-state index < -0.39 is 0 Å². The summed E-state index contributed by atoms with van der Waals surface area (Å²) in [5.41, 5.74) is 9.91. The quantitative estimate of drug-likeness (QED) is 0.823. The first kappa shape index (κ1) is 11.0. The first-order chi connectivity index (χ1) is 8.72. The van der Waals surface area contributed by atoms with Gasteiger partial charge in [-0.15, -0.1) is 0 Å². The van der Waals surface area contributed by atoms with Crippen LogP contribution in [0.5, 0.6) is 0 Å². The molecule has 2 aromatic rings. The summed E-state index contributed by atoms with van der Waals surface area (Å²) in [6.07, 6.45) is 3.94. The highest BCUT2D eigenvalue weighted by Gasteiger charge is 2.19. The van der Waals surface area contributed by atoms with Gasteiger partial charge >= 0.3 is 0 Å². The van der Waals surface area contributed by atoms with E-state index in [-0.39, 0.29) is 5.82 Å². The van der Waals surface area contributed by atoms with Crippen LogP contribution in [0.2, 0.25) is 0 Å². The predicted octanol–water partition coefficient (Wildman–Crippen LogP) is 2.37. The smallest absolute Gasteiger partial charge is 0.141 e. The maximum Gasteiger partial charge on any atom is 0.141 e. The number of pyridine rings is 1. The number of benzene rings is 1. The summed E-state index contributed by atoms with van der Waals surface area (Å²) in [7, 11) is 0. The second kappa shape index (κ2) is 4.29. The molecule has 3 nitrogen and oxygen atoms in total. The van der Waals surface area contributed by atoms with Crippen LogP contribution in [0.15, 0.2) is 36.7 Å². The second-order valence-electron chi connectivity index (χ2n) is 4.57. The van der Waals surface area contributed by atoms with Crippen LogP contribution in [0, 0.1) is 5.82 Å². The highest BCUT2D eigenvalue weighted by atomic mass is 19.1. The van der Waals surface area contributed by atoms with Gasteiger partial charge in [0.05, 0.1) is 6.20 Å². The Morgan fingerprint density at radius 1 is 1.28 bits per heavy atom. The van der Waals surface area contributed by atoms with Crippen LogP contribution < -0.4 is 10.6 Å². The minimum absolute atomic E-state index is 0.292. The summed E-state index contributed by atoms with van der Waals surface area (Å²) in [6, 6.07) is 7.49. The van der Waals surface area contributed by atoms with Crippen molar-refractivity contribution < 1.29 is 4.39 Å². The highest BCUT2D eigenvalue weighted by Crippen LogP contribution is 2.30. The van der Waals surface area contributed by atoms with Crippen LogP contribution in [-0.4, -0.2) is 11.5 Å². The minimum atomic E-state index is -0.292. The van der Waals surface area contributed by atoms with Gasteiger partial charge in [-0.1, -0.05) is 6.07 Å². The Morgan fingerprint density at radius 3 is 3.00 bits per heavy atom. The Hall–Kier alpha value is -2.10. The van der Waals surface area contributed by atoms with Crippen molar-refractivity contribution in [1.29, 1.82) is 0 Å². The number of nitrogens with zero attached hydrogens (tertiary/aromatic N) is 2. The molecular weight excluding hydrogens is 229 g/mol. The van der Waals surface area contributed by atoms with Gasteiger partial charge in [-0.2, -0.15) is 0 Å². The number of halogens is 1. The summed E-state index contributed by atoms with van der Waals surface area (Å²) in [5, 5.41) is 0. The normalized spacial score (nSPS) is 13.7. The molecule has 0 amide bonds. The Bertz CT molecular complexity index is 583. The monoisotopic (exact) mass is 243 g/mol. The first-order valence-electron chi connectivity index (χ1n) is 5.95. The molecule has 1 aromatic heterocycles. The van der Waals surface area contributed by atoms with Crippen molar-refractivity contribution in [1.82, 2.24) is 4.98 Å². The summed E-state index contributed by atoms with van der Waals surface area (Å²) < 4.78 is 13.1. The van der Waals surface area contributed by atoms with Gasteiger partial charge in [-0.3, -0.25) is 4.98 Å². The van der Waals surface area contributed by atoms with Gasteiger partial charge in [0.25, 0.3) is 0 Å². The van der Waals surface area contributed by atoms with E-state index in [1.807, 2.05) is 12.1 Å². The van der Waals surface area contributed by atoms with E-state index >= 15 is 0 Å². The Morgan fingerprint density at radius 2 is 2.17 bits per heavy atom. The lowest BCUT2D eigenvalue weighted by Crippen LogP contribution is -2.19. The molecule has 2 N–H and O–H groups in total. The topological polar surface area (TPSA) is 42.1 Å². The fourth-order valence-corrected chi connectivity index (χ4v) is 2.39. The molecule has 0 fully saturated rings. The largest absolute Gasteiger partial charge is 0.399 e. The predicted molar refractivity (Wildman–Crippen MR) is 69.8 cm³/mol. The van der Waals surface area contributed by atoms with Crippen LogP contribution in [0.4, 0.5) is 15.8 Å². The van der Waals surface area contributed by atoms with E-state index in [1.165, 1.54) is 17.8 Å². The SMILES string of the molecule is Nc1ccc2c(c1)N(Cc1cncc(F)c1)CC2. The average molecular weight is 243 g/mol. The molecule has 3 rings (SSSR count). The van der Waals surface area contributed by atoms with Crippen molar-refractivity contribution in [2.24, 2.45) is 0 Å². The van der Waals surface area contributed by atoms with Crippen LogP contribution in [-0.2, 0) is 13.0 Å². The number of rotatable bonds is 2. The van der Waals surface area contributed by atoms with Crippen molar-refractivity contribution in [3.8, 4) is 0 Å². The number of nitrogens with two attached hydrogens (primary N) is 1. The van der Waals surface area contributed by atoms with Crippen molar-refractivity contribution in [3.63, 3.8) is 0 Å². The molecular formula is C14H14FN3. The molecule has 18 heavy (non-hydrogen) atoms. The summed E-state index contributed by atoms with van der Waals surface area (Å²) in [6.45, 7) is 1.61. The lowest BCUT2D eigenvalue weighted by atomic mass is 10.1. The van der Waals surface area contributed by atoms with Gasteiger partial charge < -0.3 is 10.6 Å². The lowest BCUT2D eigenvalue weighted by Gasteiger charge is -2.19. The maximum absolute atomic E-state index is 13.1. The molecule has 1 aliphatic rings. The minimum Gasteiger partial charge on any atom is -0.399 e. The third-order valence-corrected chi connectivity index (χ3v) is 3.24. The Labute approximate surface area is 105 Å². The van der Waals surface area contributed by atoms with Crippen molar-refractivity contribution in [2.45, 2.75) is 13.0 Å². The maximum atomic E-state index is 13.1. The number of hydrogen-bond donors (Lipinski definition) is 1. The third kappa shape index (κ3) is 2.01. The van der Waals surface area contributed by atoms with E-state index in [2.05, 4.69) is 16.0 Å². The summed E-state index contributed by atoms with van der Waals surface area (Å²) in [4.78, 5) is 6.08. The molecule has 0 saturated carbocycles. The van der Waals surface area contributed by atoms with Gasteiger partial charge in [0.15, 0.2) is 0 Å². The zero-order chi connectivity index (χ0) is 12.5. The zero-order valence-electron chi connectivity index (χ0n) is 9.94. The molecule has 4 heteroatoms. The number of nitrogen functional groups attached to an aromatic ring is 1. The molecule has 0 radical (unpaired) electrons.